The number of aromatic nitrogens is 2. The Balaban J connectivity index is -0.000000570. The molecule has 7 nitrogen and oxygen atoms in total. The number of rotatable bonds is 7. The SMILES string of the molecule is CC.CC.CC(C)CCC(N)=O.CCC.CCCCn1c2c(n(C(N)=O)c1=O)=CCC=C(CC)C=2. The summed E-state index contributed by atoms with van der Waals surface area (Å²) in [5, 5.41) is 1.42. The van der Waals surface area contributed by atoms with Crippen molar-refractivity contribution in [2.75, 3.05) is 0 Å². The van der Waals surface area contributed by atoms with Gasteiger partial charge in [-0.25, -0.2) is 14.2 Å². The summed E-state index contributed by atoms with van der Waals surface area (Å²) >= 11 is 0. The Hall–Kier alpha value is -2.57. The average molecular weight is 495 g/mol. The van der Waals surface area contributed by atoms with E-state index in [-0.39, 0.29) is 11.6 Å². The predicted molar refractivity (Wildman–Crippen MR) is 152 cm³/mol. The van der Waals surface area contributed by atoms with Crippen LogP contribution in [-0.4, -0.2) is 21.1 Å². The highest BCUT2D eigenvalue weighted by molar-refractivity contribution is 5.75. The van der Waals surface area contributed by atoms with Crippen molar-refractivity contribution in [1.82, 2.24) is 9.13 Å². The van der Waals surface area contributed by atoms with Crippen LogP contribution in [0.4, 0.5) is 4.79 Å². The van der Waals surface area contributed by atoms with Crippen LogP contribution in [0.2, 0.25) is 0 Å². The van der Waals surface area contributed by atoms with Crippen molar-refractivity contribution in [3.05, 3.63) is 32.8 Å². The van der Waals surface area contributed by atoms with Crippen LogP contribution in [0.3, 0.4) is 0 Å². The topological polar surface area (TPSA) is 113 Å². The van der Waals surface area contributed by atoms with E-state index in [9.17, 15) is 14.4 Å². The van der Waals surface area contributed by atoms with E-state index in [2.05, 4.69) is 47.6 Å². The van der Waals surface area contributed by atoms with Gasteiger partial charge in [0.2, 0.25) is 5.91 Å². The molecule has 0 aromatic carbocycles. The predicted octanol–water partition coefficient (Wildman–Crippen LogP) is 5.05. The highest BCUT2D eigenvalue weighted by Gasteiger charge is 2.14. The van der Waals surface area contributed by atoms with Gasteiger partial charge in [-0.2, -0.15) is 0 Å². The first-order valence-electron chi connectivity index (χ1n) is 13.4. The number of imidazole rings is 1. The summed E-state index contributed by atoms with van der Waals surface area (Å²) in [5.74, 6) is 0.390. The second-order valence-electron chi connectivity index (χ2n) is 8.05. The zero-order valence-corrected chi connectivity index (χ0v) is 24.2. The molecular weight excluding hydrogens is 440 g/mol. The zero-order valence-electron chi connectivity index (χ0n) is 24.2. The minimum Gasteiger partial charge on any atom is -0.370 e. The number of amides is 2. The molecule has 0 unspecified atom stereocenters. The molecule has 1 aliphatic rings. The normalized spacial score (nSPS) is 11.0. The molecule has 0 spiro atoms. The van der Waals surface area contributed by atoms with Gasteiger partial charge in [0.15, 0.2) is 0 Å². The fourth-order valence-corrected chi connectivity index (χ4v) is 2.91. The summed E-state index contributed by atoms with van der Waals surface area (Å²) in [6.45, 7) is 21.2. The fourth-order valence-electron chi connectivity index (χ4n) is 2.91. The number of primary amides is 2. The van der Waals surface area contributed by atoms with Gasteiger partial charge in [-0.15, -0.1) is 0 Å². The lowest BCUT2D eigenvalue weighted by Crippen LogP contribution is -2.40. The lowest BCUT2D eigenvalue weighted by atomic mass is 10.1. The van der Waals surface area contributed by atoms with Crippen molar-refractivity contribution in [2.45, 2.75) is 121 Å². The number of allylic oxidation sites excluding steroid dienone is 2. The molecule has 1 aromatic heterocycles. The number of hydrogen-bond donors (Lipinski definition) is 2. The summed E-state index contributed by atoms with van der Waals surface area (Å²) in [6.07, 6.45) is 12.2. The Morgan fingerprint density at radius 3 is 1.89 bits per heavy atom. The third-order valence-electron chi connectivity index (χ3n) is 4.56. The van der Waals surface area contributed by atoms with Crippen LogP contribution in [0.25, 0.3) is 12.2 Å². The molecule has 1 aromatic rings. The summed E-state index contributed by atoms with van der Waals surface area (Å²) in [5.41, 5.74) is 11.1. The molecule has 204 valence electrons. The number of nitrogens with two attached hydrogens (primary N) is 2. The van der Waals surface area contributed by atoms with Crippen LogP contribution >= 0.6 is 0 Å². The molecule has 2 rings (SSSR count). The Kier molecular flexibility index (Phi) is 24.5. The number of nitrogens with zero attached hydrogens (tertiary/aromatic N) is 2. The standard InChI is InChI=1S/C15H21N3O2.C6H13NO.C3H8.2C2H6/c1-3-5-9-17-13-10-11(4-2)7-6-8-12(13)18(14(16)19)15(17)20;1-5(2)3-4-6(7)8;1-3-2;2*1-2/h7-8,10H,3-6,9H2,1-2H3,(H2,16,19);5H,3-4H2,1-2H3,(H2,7,8);3H2,1-2H3;2*1-2H3. The molecule has 0 saturated heterocycles. The highest BCUT2D eigenvalue weighted by atomic mass is 16.2. The average Bonchev–Trinajstić information content (AvgIpc) is 2.95. The molecule has 7 heteroatoms. The first-order chi connectivity index (χ1) is 16.6. The van der Waals surface area contributed by atoms with Crippen LogP contribution in [0.15, 0.2) is 16.4 Å². The van der Waals surface area contributed by atoms with Crippen LogP contribution in [-0.2, 0) is 11.3 Å². The first kappa shape index (κ1) is 37.0. The third kappa shape index (κ3) is 15.1. The van der Waals surface area contributed by atoms with Crippen LogP contribution < -0.4 is 27.9 Å². The minimum atomic E-state index is -0.717. The van der Waals surface area contributed by atoms with Crippen molar-refractivity contribution in [2.24, 2.45) is 17.4 Å². The molecule has 1 heterocycles. The first-order valence-corrected chi connectivity index (χ1v) is 13.4. The van der Waals surface area contributed by atoms with Gasteiger partial charge in [0.1, 0.15) is 0 Å². The molecule has 2 amide bonds. The van der Waals surface area contributed by atoms with E-state index in [4.69, 9.17) is 11.5 Å². The minimum absolute atomic E-state index is 0.196. The monoisotopic (exact) mass is 494 g/mol. The van der Waals surface area contributed by atoms with Gasteiger partial charge in [-0.05, 0) is 43.3 Å². The van der Waals surface area contributed by atoms with Gasteiger partial charge in [0, 0.05) is 13.0 Å². The molecule has 4 N–H and O–H groups in total. The van der Waals surface area contributed by atoms with Crippen molar-refractivity contribution in [3.63, 3.8) is 0 Å². The maximum absolute atomic E-state index is 12.4. The number of fused-ring (bicyclic) bond motifs is 1. The zero-order chi connectivity index (χ0) is 28.0. The third-order valence-corrected chi connectivity index (χ3v) is 4.56. The van der Waals surface area contributed by atoms with E-state index < -0.39 is 6.03 Å². The molecular formula is C28H54N4O3. The molecule has 0 fully saturated rings. The fraction of sp³-hybridized carbons (Fsp3) is 0.679. The molecule has 0 aliphatic heterocycles. The summed E-state index contributed by atoms with van der Waals surface area (Å²) in [4.78, 5) is 34.1. The van der Waals surface area contributed by atoms with Crippen molar-refractivity contribution >= 4 is 24.1 Å². The van der Waals surface area contributed by atoms with E-state index in [1.807, 2.05) is 39.8 Å². The van der Waals surface area contributed by atoms with Crippen LogP contribution in [0.1, 0.15) is 114 Å². The van der Waals surface area contributed by atoms with Crippen LogP contribution in [0.5, 0.6) is 0 Å². The number of carbonyl (C=O) groups is 2. The van der Waals surface area contributed by atoms with Crippen molar-refractivity contribution in [1.29, 1.82) is 0 Å². The van der Waals surface area contributed by atoms with Gasteiger partial charge in [0.25, 0.3) is 0 Å². The molecule has 35 heavy (non-hydrogen) atoms. The highest BCUT2D eigenvalue weighted by Crippen LogP contribution is 2.05. The Morgan fingerprint density at radius 2 is 1.51 bits per heavy atom. The summed E-state index contributed by atoms with van der Waals surface area (Å²) in [7, 11) is 0. The van der Waals surface area contributed by atoms with E-state index in [1.54, 1.807) is 4.57 Å². The van der Waals surface area contributed by atoms with Gasteiger partial charge in [0.05, 0.1) is 10.7 Å². The maximum Gasteiger partial charge on any atom is 0.337 e. The quantitative estimate of drug-likeness (QED) is 0.552. The molecule has 0 bridgehead atoms. The maximum atomic E-state index is 12.4. The van der Waals surface area contributed by atoms with Crippen LogP contribution in [0, 0.1) is 5.92 Å². The lowest BCUT2D eigenvalue weighted by Gasteiger charge is -2.01. The molecule has 1 aliphatic carbocycles. The van der Waals surface area contributed by atoms with E-state index in [1.165, 1.54) is 12.0 Å². The van der Waals surface area contributed by atoms with Gasteiger partial charge in [-0.3, -0.25) is 9.36 Å². The Morgan fingerprint density at radius 1 is 0.971 bits per heavy atom. The Labute approximate surface area is 214 Å². The lowest BCUT2D eigenvalue weighted by molar-refractivity contribution is -0.118. The van der Waals surface area contributed by atoms with Gasteiger partial charge in [-0.1, -0.05) is 94.2 Å². The van der Waals surface area contributed by atoms with E-state index in [0.717, 1.165) is 35.6 Å². The van der Waals surface area contributed by atoms with Crippen molar-refractivity contribution in [3.8, 4) is 0 Å². The van der Waals surface area contributed by atoms with E-state index in [0.29, 0.717) is 30.7 Å². The second kappa shape index (κ2) is 23.2. The number of carbonyl (C=O) groups excluding carboxylic acids is 2. The van der Waals surface area contributed by atoms with Gasteiger partial charge >= 0.3 is 11.7 Å². The second-order valence-corrected chi connectivity index (χ2v) is 8.05. The van der Waals surface area contributed by atoms with Crippen molar-refractivity contribution < 1.29 is 9.59 Å². The summed E-state index contributed by atoms with van der Waals surface area (Å²) < 4.78 is 2.74. The molecule has 0 radical (unpaired) electrons. The van der Waals surface area contributed by atoms with Gasteiger partial charge < -0.3 is 11.5 Å². The molecule has 0 atom stereocenters. The smallest absolute Gasteiger partial charge is 0.337 e. The number of unbranched alkanes of at least 4 members (excludes halogenated alkanes) is 1. The Bertz CT molecular complexity index is 906. The molecule has 0 saturated carbocycles. The number of hydrogen-bond acceptors (Lipinski definition) is 3. The summed E-state index contributed by atoms with van der Waals surface area (Å²) in [6, 6.07) is -0.717. The van der Waals surface area contributed by atoms with E-state index >= 15 is 0 Å². The largest absolute Gasteiger partial charge is 0.370 e.